The van der Waals surface area contributed by atoms with Gasteiger partial charge in [0.2, 0.25) is 0 Å². The lowest BCUT2D eigenvalue weighted by Crippen LogP contribution is -2.18. The summed E-state index contributed by atoms with van der Waals surface area (Å²) < 4.78 is 5.31. The second kappa shape index (κ2) is 2.78. The number of carbonyl (C=O) groups is 1. The van der Waals surface area contributed by atoms with E-state index in [1.54, 1.807) is 0 Å². The fraction of sp³-hybridized carbons (Fsp3) is 0.667. The summed E-state index contributed by atoms with van der Waals surface area (Å²) in [5.74, 6) is 0.408. The molecular formula is C9H12O2. The van der Waals surface area contributed by atoms with Crippen molar-refractivity contribution in [2.24, 2.45) is 0 Å². The molecule has 0 aromatic rings. The smallest absolute Gasteiger partial charge is 0.137 e. The zero-order chi connectivity index (χ0) is 7.68. The van der Waals surface area contributed by atoms with Crippen LogP contribution in [0.4, 0.5) is 0 Å². The zero-order valence-corrected chi connectivity index (χ0v) is 6.56. The van der Waals surface area contributed by atoms with E-state index in [0.29, 0.717) is 12.2 Å². The highest BCUT2D eigenvalue weighted by Gasteiger charge is 2.20. The second-order valence-electron chi connectivity index (χ2n) is 3.23. The summed E-state index contributed by atoms with van der Waals surface area (Å²) >= 11 is 0. The van der Waals surface area contributed by atoms with E-state index in [9.17, 15) is 4.79 Å². The lowest BCUT2D eigenvalue weighted by atomic mass is 9.88. The average molecular weight is 152 g/mol. The van der Waals surface area contributed by atoms with Crippen molar-refractivity contribution in [1.82, 2.24) is 0 Å². The number of rotatable bonds is 0. The molecule has 60 valence electrons. The highest BCUT2D eigenvalue weighted by Crippen LogP contribution is 2.27. The molecule has 0 amide bonds. The van der Waals surface area contributed by atoms with Gasteiger partial charge in [-0.15, -0.1) is 0 Å². The molecule has 1 aliphatic carbocycles. The van der Waals surface area contributed by atoms with E-state index in [0.717, 1.165) is 32.5 Å². The third-order valence-electron chi connectivity index (χ3n) is 2.44. The Morgan fingerprint density at radius 3 is 2.91 bits per heavy atom. The normalized spacial score (nSPS) is 25.3. The van der Waals surface area contributed by atoms with Gasteiger partial charge in [0.05, 0.1) is 13.2 Å². The molecule has 0 saturated carbocycles. The molecule has 1 heterocycles. The minimum atomic E-state index is 0.408. The zero-order valence-electron chi connectivity index (χ0n) is 6.56. The van der Waals surface area contributed by atoms with Crippen LogP contribution < -0.4 is 0 Å². The van der Waals surface area contributed by atoms with Crippen LogP contribution in [0.5, 0.6) is 0 Å². The first-order valence-electron chi connectivity index (χ1n) is 4.15. The van der Waals surface area contributed by atoms with Gasteiger partial charge in [-0.25, -0.2) is 0 Å². The maximum atomic E-state index is 11.0. The van der Waals surface area contributed by atoms with Crippen LogP contribution in [0.2, 0.25) is 0 Å². The SMILES string of the molecule is O=C1CCC2=C(CCOC2)C1. The Labute approximate surface area is 66.2 Å². The topological polar surface area (TPSA) is 26.3 Å². The molecule has 2 nitrogen and oxygen atoms in total. The van der Waals surface area contributed by atoms with Crippen LogP contribution in [0.3, 0.4) is 0 Å². The van der Waals surface area contributed by atoms with E-state index < -0.39 is 0 Å². The Morgan fingerprint density at radius 1 is 1.09 bits per heavy atom. The van der Waals surface area contributed by atoms with Crippen molar-refractivity contribution in [3.63, 3.8) is 0 Å². The molecule has 0 spiro atoms. The molecular weight excluding hydrogens is 140 g/mol. The lowest BCUT2D eigenvalue weighted by Gasteiger charge is -2.23. The van der Waals surface area contributed by atoms with E-state index in [4.69, 9.17) is 4.74 Å². The van der Waals surface area contributed by atoms with Crippen LogP contribution in [0, 0.1) is 0 Å². The number of ether oxygens (including phenoxy) is 1. The number of hydrogen-bond donors (Lipinski definition) is 0. The fourth-order valence-electron chi connectivity index (χ4n) is 1.75. The van der Waals surface area contributed by atoms with E-state index in [-0.39, 0.29) is 0 Å². The van der Waals surface area contributed by atoms with Gasteiger partial charge in [-0.05, 0) is 18.4 Å². The maximum absolute atomic E-state index is 11.0. The van der Waals surface area contributed by atoms with Crippen LogP contribution >= 0.6 is 0 Å². The molecule has 0 bridgehead atoms. The van der Waals surface area contributed by atoms with E-state index in [1.165, 1.54) is 11.1 Å². The van der Waals surface area contributed by atoms with Crippen LogP contribution in [0.1, 0.15) is 25.7 Å². The number of carbonyl (C=O) groups excluding carboxylic acids is 1. The summed E-state index contributed by atoms with van der Waals surface area (Å²) in [7, 11) is 0. The highest BCUT2D eigenvalue weighted by molar-refractivity contribution is 5.82. The lowest BCUT2D eigenvalue weighted by molar-refractivity contribution is -0.119. The van der Waals surface area contributed by atoms with E-state index in [2.05, 4.69) is 0 Å². The van der Waals surface area contributed by atoms with Crippen molar-refractivity contribution < 1.29 is 9.53 Å². The Hall–Kier alpha value is -0.630. The largest absolute Gasteiger partial charge is 0.377 e. The van der Waals surface area contributed by atoms with E-state index in [1.807, 2.05) is 0 Å². The van der Waals surface area contributed by atoms with E-state index >= 15 is 0 Å². The van der Waals surface area contributed by atoms with Gasteiger partial charge < -0.3 is 4.74 Å². The van der Waals surface area contributed by atoms with Crippen LogP contribution in [-0.4, -0.2) is 19.0 Å². The van der Waals surface area contributed by atoms with Gasteiger partial charge in [0.15, 0.2) is 0 Å². The Kier molecular flexibility index (Phi) is 1.78. The standard InChI is InChI=1S/C9H12O2/c10-9-2-1-8-6-11-4-3-7(8)5-9/h1-6H2. The number of hydrogen-bond acceptors (Lipinski definition) is 2. The molecule has 2 heteroatoms. The molecule has 0 radical (unpaired) electrons. The second-order valence-corrected chi connectivity index (χ2v) is 3.23. The first-order chi connectivity index (χ1) is 5.36. The Bertz CT molecular complexity index is 216. The molecule has 0 saturated heterocycles. The van der Waals surface area contributed by atoms with Gasteiger partial charge in [-0.2, -0.15) is 0 Å². The number of ketones is 1. The van der Waals surface area contributed by atoms with Gasteiger partial charge >= 0.3 is 0 Å². The molecule has 2 rings (SSSR count). The quantitative estimate of drug-likeness (QED) is 0.491. The molecule has 0 atom stereocenters. The third kappa shape index (κ3) is 1.36. The molecule has 0 aromatic heterocycles. The highest BCUT2D eigenvalue weighted by atomic mass is 16.5. The third-order valence-corrected chi connectivity index (χ3v) is 2.44. The van der Waals surface area contributed by atoms with Crippen LogP contribution in [-0.2, 0) is 9.53 Å². The monoisotopic (exact) mass is 152 g/mol. The summed E-state index contributed by atoms with van der Waals surface area (Å²) in [6, 6.07) is 0. The summed E-state index contributed by atoms with van der Waals surface area (Å²) in [4.78, 5) is 11.0. The summed E-state index contributed by atoms with van der Waals surface area (Å²) in [5, 5.41) is 0. The van der Waals surface area contributed by atoms with Crippen molar-refractivity contribution >= 4 is 5.78 Å². The summed E-state index contributed by atoms with van der Waals surface area (Å²) in [6.07, 6.45) is 3.39. The average Bonchev–Trinajstić information content (AvgIpc) is 2.04. The van der Waals surface area contributed by atoms with Crippen molar-refractivity contribution in [2.75, 3.05) is 13.2 Å². The minimum absolute atomic E-state index is 0.408. The molecule has 0 unspecified atom stereocenters. The van der Waals surface area contributed by atoms with Crippen molar-refractivity contribution in [3.8, 4) is 0 Å². The van der Waals surface area contributed by atoms with Crippen LogP contribution in [0.15, 0.2) is 11.1 Å². The van der Waals surface area contributed by atoms with Gasteiger partial charge in [0, 0.05) is 12.8 Å². The predicted octanol–water partition coefficient (Wildman–Crippen LogP) is 1.46. The minimum Gasteiger partial charge on any atom is -0.377 e. The molecule has 11 heavy (non-hydrogen) atoms. The fourth-order valence-corrected chi connectivity index (χ4v) is 1.75. The van der Waals surface area contributed by atoms with Gasteiger partial charge in [-0.3, -0.25) is 4.79 Å². The number of Topliss-reactive ketones (excluding diaryl/α,β-unsaturated/α-hetero) is 1. The summed E-state index contributed by atoms with van der Waals surface area (Å²) in [5.41, 5.74) is 2.77. The summed E-state index contributed by atoms with van der Waals surface area (Å²) in [6.45, 7) is 1.59. The van der Waals surface area contributed by atoms with Gasteiger partial charge in [-0.1, -0.05) is 5.57 Å². The molecule has 0 fully saturated rings. The van der Waals surface area contributed by atoms with Crippen LogP contribution in [0.25, 0.3) is 0 Å². The Morgan fingerprint density at radius 2 is 2.00 bits per heavy atom. The molecule has 0 N–H and O–H groups in total. The molecule has 2 aliphatic rings. The van der Waals surface area contributed by atoms with Gasteiger partial charge in [0.1, 0.15) is 5.78 Å². The van der Waals surface area contributed by atoms with Crippen molar-refractivity contribution in [2.45, 2.75) is 25.7 Å². The predicted molar refractivity (Wildman–Crippen MR) is 41.3 cm³/mol. The maximum Gasteiger partial charge on any atom is 0.137 e. The molecule has 1 aliphatic heterocycles. The van der Waals surface area contributed by atoms with Crippen molar-refractivity contribution in [3.05, 3.63) is 11.1 Å². The van der Waals surface area contributed by atoms with Gasteiger partial charge in [0.25, 0.3) is 0 Å². The Balaban J connectivity index is 2.18. The first kappa shape index (κ1) is 7.04. The molecule has 0 aromatic carbocycles. The van der Waals surface area contributed by atoms with Crippen molar-refractivity contribution in [1.29, 1.82) is 0 Å². The first-order valence-corrected chi connectivity index (χ1v) is 4.15.